The van der Waals surface area contributed by atoms with E-state index in [1.165, 1.54) is 0 Å². The zero-order valence-corrected chi connectivity index (χ0v) is 8.92. The van der Waals surface area contributed by atoms with Gasteiger partial charge in [-0.1, -0.05) is 5.75 Å². The summed E-state index contributed by atoms with van der Waals surface area (Å²) < 4.78 is 49.3. The van der Waals surface area contributed by atoms with Gasteiger partial charge in [-0.05, 0) is 12.5 Å². The van der Waals surface area contributed by atoms with Crippen molar-refractivity contribution in [3.05, 3.63) is 28.8 Å². The molecule has 0 N–H and O–H groups in total. The summed E-state index contributed by atoms with van der Waals surface area (Å²) in [4.78, 5) is 0. The molecule has 6 heteroatoms. The number of hydrogen-bond acceptors (Lipinski definition) is 1. The van der Waals surface area contributed by atoms with Crippen LogP contribution in [0.25, 0.3) is 0 Å². The fourth-order valence-corrected chi connectivity index (χ4v) is 0.721. The average molecular weight is 202 g/mol. The molecule has 0 saturated carbocycles. The van der Waals surface area contributed by atoms with E-state index in [1.807, 2.05) is 0 Å². The van der Waals surface area contributed by atoms with Crippen molar-refractivity contribution in [3.63, 3.8) is 0 Å². The minimum Gasteiger partial charge on any atom is -0.870 e. The molecule has 1 rings (SSSR count). The van der Waals surface area contributed by atoms with Crippen LogP contribution >= 0.6 is 0 Å². The van der Waals surface area contributed by atoms with Crippen molar-refractivity contribution in [3.8, 4) is 5.75 Å². The first-order valence-electron chi connectivity index (χ1n) is 2.96. The number of benzene rings is 1. The fourth-order valence-electron chi connectivity index (χ4n) is 0.721. The Bertz CT molecular complexity index is 235. The van der Waals surface area contributed by atoms with Crippen LogP contribution in [0, 0.1) is 30.2 Å². The van der Waals surface area contributed by atoms with Gasteiger partial charge in [-0.15, -0.1) is 0 Å². The first-order valence-corrected chi connectivity index (χ1v) is 2.96. The van der Waals surface area contributed by atoms with Gasteiger partial charge in [0.15, 0.2) is 23.3 Å². The van der Waals surface area contributed by atoms with Gasteiger partial charge < -0.3 is 5.11 Å². The Balaban J connectivity index is 0.00000144. The standard InChI is InChI=1S/C7H4F4O.Na/c1-2-3(8)4(9)5(10)6(11)7(2)12;/h12H,1H3;/q;+1/p-1. The van der Waals surface area contributed by atoms with Gasteiger partial charge in [-0.25, -0.2) is 17.6 Å². The van der Waals surface area contributed by atoms with E-state index < -0.39 is 34.6 Å². The van der Waals surface area contributed by atoms with Crippen LogP contribution in [-0.4, -0.2) is 0 Å². The molecule has 0 bridgehead atoms. The van der Waals surface area contributed by atoms with Gasteiger partial charge >= 0.3 is 29.6 Å². The van der Waals surface area contributed by atoms with Crippen molar-refractivity contribution in [2.24, 2.45) is 0 Å². The maximum Gasteiger partial charge on any atom is 1.00 e. The van der Waals surface area contributed by atoms with E-state index in [0.717, 1.165) is 6.92 Å². The third-order valence-electron chi connectivity index (χ3n) is 1.45. The predicted octanol–water partition coefficient (Wildman–Crippen LogP) is -1.37. The summed E-state index contributed by atoms with van der Waals surface area (Å²) in [5.41, 5.74) is -0.758. The van der Waals surface area contributed by atoms with Gasteiger partial charge in [0.25, 0.3) is 0 Å². The predicted molar refractivity (Wildman–Crippen MR) is 30.5 cm³/mol. The first kappa shape index (κ1) is 12.7. The summed E-state index contributed by atoms with van der Waals surface area (Å²) in [6.45, 7) is 0.878. The topological polar surface area (TPSA) is 23.1 Å². The van der Waals surface area contributed by atoms with Gasteiger partial charge in [0.2, 0.25) is 0 Å². The normalized spacial score (nSPS) is 9.62. The largest absolute Gasteiger partial charge is 1.00 e. The van der Waals surface area contributed by atoms with Crippen LogP contribution in [0.4, 0.5) is 17.6 Å². The summed E-state index contributed by atoms with van der Waals surface area (Å²) in [5, 5.41) is 10.5. The summed E-state index contributed by atoms with van der Waals surface area (Å²) in [5.74, 6) is -9.00. The number of halogens is 4. The molecule has 0 atom stereocenters. The molecule has 0 aliphatic rings. The second-order valence-corrected chi connectivity index (χ2v) is 2.21. The smallest absolute Gasteiger partial charge is 0.870 e. The molecule has 0 aliphatic carbocycles. The molecule has 1 nitrogen and oxygen atoms in total. The minimum atomic E-state index is -2.07. The van der Waals surface area contributed by atoms with Crippen molar-refractivity contribution in [1.29, 1.82) is 0 Å². The van der Waals surface area contributed by atoms with E-state index in [4.69, 9.17) is 0 Å². The van der Waals surface area contributed by atoms with Crippen molar-refractivity contribution >= 4 is 0 Å². The Labute approximate surface area is 93.7 Å². The molecule has 66 valence electrons. The molecule has 0 unspecified atom stereocenters. The van der Waals surface area contributed by atoms with Crippen molar-refractivity contribution in [1.82, 2.24) is 0 Å². The van der Waals surface area contributed by atoms with Crippen LogP contribution in [0.1, 0.15) is 5.56 Å². The van der Waals surface area contributed by atoms with E-state index in [9.17, 15) is 22.7 Å². The Morgan fingerprint density at radius 1 is 0.846 bits per heavy atom. The van der Waals surface area contributed by atoms with Gasteiger partial charge in [-0.2, -0.15) is 0 Å². The van der Waals surface area contributed by atoms with Gasteiger partial charge in [0.05, 0.1) is 0 Å². The summed E-state index contributed by atoms with van der Waals surface area (Å²) >= 11 is 0. The summed E-state index contributed by atoms with van der Waals surface area (Å²) in [6.07, 6.45) is 0. The molecule has 0 heterocycles. The maximum absolute atomic E-state index is 12.5. The van der Waals surface area contributed by atoms with Crippen LogP contribution in [0.3, 0.4) is 0 Å². The molecule has 0 aliphatic heterocycles. The monoisotopic (exact) mass is 202 g/mol. The van der Waals surface area contributed by atoms with Crippen molar-refractivity contribution < 1.29 is 52.2 Å². The second-order valence-electron chi connectivity index (χ2n) is 2.21. The zero-order valence-electron chi connectivity index (χ0n) is 6.92. The quantitative estimate of drug-likeness (QED) is 0.220. The minimum absolute atomic E-state index is 0. The zero-order chi connectivity index (χ0) is 9.46. The second kappa shape index (κ2) is 4.30. The molecule has 0 fully saturated rings. The van der Waals surface area contributed by atoms with E-state index in [-0.39, 0.29) is 29.6 Å². The average Bonchev–Trinajstić information content (AvgIpc) is 2.08. The molecular formula is C7H3F4NaO. The number of hydrogen-bond donors (Lipinski definition) is 0. The molecule has 0 spiro atoms. The molecule has 13 heavy (non-hydrogen) atoms. The van der Waals surface area contributed by atoms with Crippen LogP contribution in [-0.2, 0) is 0 Å². The molecular weight excluding hydrogens is 199 g/mol. The third kappa shape index (κ3) is 1.98. The fraction of sp³-hybridized carbons (Fsp3) is 0.143. The molecule has 0 saturated heterocycles. The van der Waals surface area contributed by atoms with E-state index >= 15 is 0 Å². The Kier molecular flexibility index (Phi) is 4.22. The van der Waals surface area contributed by atoms with E-state index in [2.05, 4.69) is 0 Å². The van der Waals surface area contributed by atoms with Gasteiger partial charge in [0.1, 0.15) is 0 Å². The molecule has 1 aromatic rings. The molecule has 0 amide bonds. The third-order valence-corrected chi connectivity index (χ3v) is 1.45. The number of rotatable bonds is 0. The van der Waals surface area contributed by atoms with Crippen LogP contribution < -0.4 is 34.7 Å². The van der Waals surface area contributed by atoms with Crippen LogP contribution in [0.5, 0.6) is 5.75 Å². The summed E-state index contributed by atoms with van der Waals surface area (Å²) in [7, 11) is 0. The SMILES string of the molecule is Cc1c([O-])c(F)c(F)c(F)c1F.[Na+]. The Morgan fingerprint density at radius 3 is 1.69 bits per heavy atom. The van der Waals surface area contributed by atoms with E-state index in [1.54, 1.807) is 0 Å². The molecule has 1 aromatic carbocycles. The van der Waals surface area contributed by atoms with Gasteiger partial charge in [-0.3, -0.25) is 0 Å². The van der Waals surface area contributed by atoms with E-state index in [0.29, 0.717) is 0 Å². The van der Waals surface area contributed by atoms with Crippen LogP contribution in [0.2, 0.25) is 0 Å². The Morgan fingerprint density at radius 2 is 1.23 bits per heavy atom. The van der Waals surface area contributed by atoms with Crippen molar-refractivity contribution in [2.45, 2.75) is 6.92 Å². The maximum atomic E-state index is 12.5. The van der Waals surface area contributed by atoms with Crippen LogP contribution in [0.15, 0.2) is 0 Å². The van der Waals surface area contributed by atoms with Gasteiger partial charge in [0, 0.05) is 0 Å². The Hall–Kier alpha value is -0.260. The summed E-state index contributed by atoms with van der Waals surface area (Å²) in [6, 6.07) is 0. The van der Waals surface area contributed by atoms with Crippen molar-refractivity contribution in [2.75, 3.05) is 0 Å². The molecule has 0 radical (unpaired) electrons. The first-order chi connectivity index (χ1) is 5.46. The molecule has 0 aromatic heterocycles.